The first-order valence-electron chi connectivity index (χ1n) is 10.6. The fraction of sp³-hybridized carbons (Fsp3) is 0.292. The summed E-state index contributed by atoms with van der Waals surface area (Å²) in [5, 5.41) is 8.02. The zero-order chi connectivity index (χ0) is 20.1. The second-order valence-corrected chi connectivity index (χ2v) is 8.46. The molecule has 0 radical (unpaired) electrons. The van der Waals surface area contributed by atoms with E-state index in [4.69, 9.17) is 4.98 Å². The van der Waals surface area contributed by atoms with Crippen molar-refractivity contribution in [3.05, 3.63) is 72.8 Å². The van der Waals surface area contributed by atoms with E-state index in [2.05, 4.69) is 38.0 Å². The molecule has 0 saturated carbocycles. The average molecular weight is 397 g/mol. The molecule has 2 saturated heterocycles. The Morgan fingerprint density at radius 2 is 2.00 bits per heavy atom. The Labute approximate surface area is 174 Å². The third-order valence-electron chi connectivity index (χ3n) is 6.78. The van der Waals surface area contributed by atoms with Gasteiger partial charge in [-0.15, -0.1) is 0 Å². The lowest BCUT2D eigenvalue weighted by molar-refractivity contribution is 0.0717. The molecule has 1 amide bonds. The lowest BCUT2D eigenvalue weighted by Gasteiger charge is -2.25. The zero-order valence-electron chi connectivity index (χ0n) is 16.6. The molecule has 1 aromatic carbocycles. The van der Waals surface area contributed by atoms with Crippen LogP contribution in [0.3, 0.4) is 0 Å². The minimum Gasteiger partial charge on any atom is -0.332 e. The maximum Gasteiger partial charge on any atom is 0.254 e. The highest BCUT2D eigenvalue weighted by molar-refractivity contribution is 5.95. The smallest absolute Gasteiger partial charge is 0.254 e. The number of benzene rings is 1. The summed E-state index contributed by atoms with van der Waals surface area (Å²) in [4.78, 5) is 20.0. The highest BCUT2D eigenvalue weighted by Crippen LogP contribution is 2.43. The van der Waals surface area contributed by atoms with Gasteiger partial charge in [0.1, 0.15) is 5.65 Å². The second kappa shape index (κ2) is 6.83. The van der Waals surface area contributed by atoms with Gasteiger partial charge < -0.3 is 9.47 Å². The summed E-state index contributed by atoms with van der Waals surface area (Å²) < 4.78 is 2.25. The van der Waals surface area contributed by atoms with E-state index in [0.717, 1.165) is 53.5 Å². The molecule has 150 valence electrons. The van der Waals surface area contributed by atoms with Crippen LogP contribution >= 0.6 is 0 Å². The van der Waals surface area contributed by atoms with Gasteiger partial charge in [-0.1, -0.05) is 18.2 Å². The largest absolute Gasteiger partial charge is 0.332 e. The first kappa shape index (κ1) is 17.4. The highest BCUT2D eigenvalue weighted by Gasteiger charge is 2.48. The lowest BCUT2D eigenvalue weighted by Crippen LogP contribution is -2.37. The van der Waals surface area contributed by atoms with Crippen molar-refractivity contribution in [3.63, 3.8) is 0 Å². The van der Waals surface area contributed by atoms with E-state index in [0.29, 0.717) is 18.0 Å². The molecule has 3 aromatic heterocycles. The van der Waals surface area contributed by atoms with Gasteiger partial charge in [-0.25, -0.2) is 4.98 Å². The molecule has 1 N–H and O–H groups in total. The molecule has 2 aliphatic rings. The number of H-pyrrole nitrogens is 1. The number of fused-ring (bicyclic) bond motifs is 3. The SMILES string of the molecule is O=C(c1ccccc1)N1C2CCC1C(Cn1ccc3cc(-c4cn[nH]c4)cnc31)C2. The van der Waals surface area contributed by atoms with Crippen LogP contribution in [0, 0.1) is 5.92 Å². The van der Waals surface area contributed by atoms with Crippen molar-refractivity contribution in [2.45, 2.75) is 37.9 Å². The number of amides is 1. The molecule has 6 nitrogen and oxygen atoms in total. The van der Waals surface area contributed by atoms with Crippen LogP contribution in [0.1, 0.15) is 29.6 Å². The summed E-state index contributed by atoms with van der Waals surface area (Å²) in [7, 11) is 0. The molecular formula is C24H23N5O. The standard InChI is InChI=1S/C24H23N5O/c30-24(16-4-2-1-3-5-16)29-21-6-7-22(29)19(11-21)15-28-9-8-17-10-18(12-25-23(17)28)20-13-26-27-14-20/h1-5,8-10,12-14,19,21-22H,6-7,11,15H2,(H,26,27). The Bertz CT molecular complexity index is 1200. The fourth-order valence-electron chi connectivity index (χ4n) is 5.40. The monoisotopic (exact) mass is 397 g/mol. The summed E-state index contributed by atoms with van der Waals surface area (Å²) in [6.45, 7) is 0.904. The van der Waals surface area contributed by atoms with E-state index >= 15 is 0 Å². The van der Waals surface area contributed by atoms with Gasteiger partial charge in [-0.05, 0) is 49.4 Å². The number of nitrogens with one attached hydrogen (secondary N) is 1. The molecule has 30 heavy (non-hydrogen) atoms. The number of aromatic amines is 1. The van der Waals surface area contributed by atoms with E-state index in [1.807, 2.05) is 48.9 Å². The third-order valence-corrected chi connectivity index (χ3v) is 6.78. The van der Waals surface area contributed by atoms with Crippen molar-refractivity contribution in [2.75, 3.05) is 0 Å². The molecule has 2 bridgehead atoms. The van der Waals surface area contributed by atoms with Crippen LogP contribution < -0.4 is 0 Å². The lowest BCUT2D eigenvalue weighted by atomic mass is 9.89. The zero-order valence-corrected chi connectivity index (χ0v) is 16.6. The molecule has 3 unspecified atom stereocenters. The molecule has 2 fully saturated rings. The Balaban J connectivity index is 1.24. The van der Waals surface area contributed by atoms with Crippen LogP contribution in [-0.4, -0.2) is 42.6 Å². The summed E-state index contributed by atoms with van der Waals surface area (Å²) in [5.41, 5.74) is 3.91. The highest BCUT2D eigenvalue weighted by atomic mass is 16.2. The second-order valence-electron chi connectivity index (χ2n) is 8.46. The van der Waals surface area contributed by atoms with Crippen molar-refractivity contribution in [2.24, 2.45) is 5.92 Å². The topological polar surface area (TPSA) is 66.8 Å². The van der Waals surface area contributed by atoms with Crippen molar-refractivity contribution in [1.82, 2.24) is 24.6 Å². The van der Waals surface area contributed by atoms with Crippen molar-refractivity contribution >= 4 is 16.9 Å². The van der Waals surface area contributed by atoms with E-state index < -0.39 is 0 Å². The first-order chi connectivity index (χ1) is 14.8. The van der Waals surface area contributed by atoms with E-state index in [-0.39, 0.29) is 5.91 Å². The van der Waals surface area contributed by atoms with Gasteiger partial charge in [0.2, 0.25) is 0 Å². The number of carbonyl (C=O) groups excluding carboxylic acids is 1. The Morgan fingerprint density at radius 3 is 2.83 bits per heavy atom. The third kappa shape index (κ3) is 2.75. The fourth-order valence-corrected chi connectivity index (χ4v) is 5.40. The Hall–Kier alpha value is -3.41. The summed E-state index contributed by atoms with van der Waals surface area (Å²) in [5.74, 6) is 0.660. The quantitative estimate of drug-likeness (QED) is 0.563. The van der Waals surface area contributed by atoms with Crippen LogP contribution in [0.15, 0.2) is 67.3 Å². The van der Waals surface area contributed by atoms with Crippen LogP contribution in [-0.2, 0) is 6.54 Å². The summed E-state index contributed by atoms with van der Waals surface area (Å²) >= 11 is 0. The molecular weight excluding hydrogens is 374 g/mol. The van der Waals surface area contributed by atoms with Crippen LogP contribution in [0.4, 0.5) is 0 Å². The Morgan fingerprint density at radius 1 is 1.10 bits per heavy atom. The Kier molecular flexibility index (Phi) is 3.97. The first-order valence-corrected chi connectivity index (χ1v) is 10.6. The minimum atomic E-state index is 0.186. The van der Waals surface area contributed by atoms with Gasteiger partial charge in [0.05, 0.1) is 6.20 Å². The van der Waals surface area contributed by atoms with Crippen molar-refractivity contribution < 1.29 is 4.79 Å². The van der Waals surface area contributed by atoms with Crippen LogP contribution in [0.5, 0.6) is 0 Å². The van der Waals surface area contributed by atoms with Gasteiger partial charge in [0.15, 0.2) is 0 Å². The molecule has 2 aliphatic heterocycles. The average Bonchev–Trinajstić information content (AvgIpc) is 3.58. The number of carbonyl (C=O) groups is 1. The number of rotatable bonds is 4. The summed E-state index contributed by atoms with van der Waals surface area (Å²) in [6, 6.07) is 14.7. The molecule has 3 atom stereocenters. The molecule has 5 heterocycles. The van der Waals surface area contributed by atoms with Gasteiger partial charge in [-0.3, -0.25) is 9.89 Å². The van der Waals surface area contributed by atoms with E-state index in [1.165, 1.54) is 0 Å². The molecule has 4 aromatic rings. The van der Waals surface area contributed by atoms with E-state index in [1.54, 1.807) is 0 Å². The van der Waals surface area contributed by atoms with Gasteiger partial charge in [0, 0.05) is 59.3 Å². The van der Waals surface area contributed by atoms with Crippen molar-refractivity contribution in [1.29, 1.82) is 0 Å². The predicted octanol–water partition coefficient (Wildman–Crippen LogP) is 4.12. The van der Waals surface area contributed by atoms with Gasteiger partial charge >= 0.3 is 0 Å². The predicted molar refractivity (Wildman–Crippen MR) is 115 cm³/mol. The van der Waals surface area contributed by atoms with E-state index in [9.17, 15) is 4.79 Å². The number of hydrogen-bond acceptors (Lipinski definition) is 3. The van der Waals surface area contributed by atoms with Crippen molar-refractivity contribution in [3.8, 4) is 11.1 Å². The molecule has 0 spiro atoms. The maximum absolute atomic E-state index is 13.1. The van der Waals surface area contributed by atoms with Crippen LogP contribution in [0.25, 0.3) is 22.2 Å². The number of nitrogens with zero attached hydrogens (tertiary/aromatic N) is 4. The number of hydrogen-bond donors (Lipinski definition) is 1. The number of aromatic nitrogens is 4. The molecule has 0 aliphatic carbocycles. The molecule has 6 rings (SSSR count). The minimum absolute atomic E-state index is 0.186. The maximum atomic E-state index is 13.1. The summed E-state index contributed by atoms with van der Waals surface area (Å²) in [6.07, 6.45) is 11.0. The number of pyridine rings is 1. The van der Waals surface area contributed by atoms with Gasteiger partial charge in [0.25, 0.3) is 5.91 Å². The van der Waals surface area contributed by atoms with Crippen LogP contribution in [0.2, 0.25) is 0 Å². The van der Waals surface area contributed by atoms with Gasteiger partial charge in [-0.2, -0.15) is 5.10 Å². The molecule has 6 heteroatoms. The normalized spacial score (nSPS) is 22.8.